The normalized spacial score (nSPS) is 24.0. The van der Waals surface area contributed by atoms with E-state index in [0.717, 1.165) is 32.1 Å². The Labute approximate surface area is 92.6 Å². The highest BCUT2D eigenvalue weighted by Crippen LogP contribution is 2.17. The van der Waals surface area contributed by atoms with E-state index >= 15 is 0 Å². The van der Waals surface area contributed by atoms with Crippen molar-refractivity contribution in [2.75, 3.05) is 32.2 Å². The van der Waals surface area contributed by atoms with Gasteiger partial charge in [-0.15, -0.1) is 11.6 Å². The molecule has 0 bridgehead atoms. The Balaban J connectivity index is 2.13. The van der Waals surface area contributed by atoms with Crippen LogP contribution in [0.4, 0.5) is 0 Å². The molecule has 1 atom stereocenters. The lowest BCUT2D eigenvalue weighted by Crippen LogP contribution is -2.41. The van der Waals surface area contributed by atoms with Gasteiger partial charge in [-0.2, -0.15) is 0 Å². The Morgan fingerprint density at radius 1 is 1.43 bits per heavy atom. The Morgan fingerprint density at radius 2 is 2.29 bits per heavy atom. The second kappa shape index (κ2) is 7.49. The summed E-state index contributed by atoms with van der Waals surface area (Å²) in [4.78, 5) is 2.52. The first-order valence-corrected chi connectivity index (χ1v) is 6.29. The number of hydrogen-bond acceptors (Lipinski definition) is 2. The summed E-state index contributed by atoms with van der Waals surface area (Å²) in [6.07, 6.45) is 5.10. The van der Waals surface area contributed by atoms with Gasteiger partial charge in [0.1, 0.15) is 0 Å². The summed E-state index contributed by atoms with van der Waals surface area (Å²) in [5.41, 5.74) is 0. The van der Waals surface area contributed by atoms with E-state index in [1.807, 2.05) is 6.92 Å². The van der Waals surface area contributed by atoms with E-state index in [1.54, 1.807) is 0 Å². The van der Waals surface area contributed by atoms with Gasteiger partial charge in [0, 0.05) is 31.7 Å². The fourth-order valence-electron chi connectivity index (χ4n) is 2.04. The second-order valence-electron chi connectivity index (χ2n) is 3.89. The van der Waals surface area contributed by atoms with Crippen LogP contribution < -0.4 is 0 Å². The van der Waals surface area contributed by atoms with Gasteiger partial charge < -0.3 is 4.74 Å². The molecule has 0 aromatic carbocycles. The Morgan fingerprint density at radius 3 is 3.00 bits per heavy atom. The molecule has 1 rings (SSSR count). The van der Waals surface area contributed by atoms with Gasteiger partial charge in [0.25, 0.3) is 0 Å². The van der Waals surface area contributed by atoms with Crippen molar-refractivity contribution in [2.24, 2.45) is 0 Å². The van der Waals surface area contributed by atoms with Gasteiger partial charge in [-0.3, -0.25) is 4.90 Å². The van der Waals surface area contributed by atoms with Crippen LogP contribution in [0.3, 0.4) is 0 Å². The number of hydrogen-bond donors (Lipinski definition) is 0. The average Bonchev–Trinajstić information content (AvgIpc) is 2.25. The molecule has 84 valence electrons. The minimum absolute atomic E-state index is 0.618. The van der Waals surface area contributed by atoms with E-state index in [1.165, 1.54) is 25.8 Å². The molecular weight excluding hydrogens is 198 g/mol. The largest absolute Gasteiger partial charge is 0.382 e. The number of piperidine rings is 1. The predicted octanol–water partition coefficient (Wildman–Crippen LogP) is 2.51. The van der Waals surface area contributed by atoms with Crippen LogP contribution >= 0.6 is 11.6 Å². The Hall–Kier alpha value is 0.210. The molecule has 1 unspecified atom stereocenters. The van der Waals surface area contributed by atoms with Gasteiger partial charge in [0.2, 0.25) is 0 Å². The van der Waals surface area contributed by atoms with Gasteiger partial charge in [-0.25, -0.2) is 0 Å². The van der Waals surface area contributed by atoms with Crippen molar-refractivity contribution >= 4 is 11.6 Å². The Bertz CT molecular complexity index is 143. The van der Waals surface area contributed by atoms with E-state index in [4.69, 9.17) is 16.3 Å². The van der Waals surface area contributed by atoms with E-state index in [0.29, 0.717) is 6.04 Å². The summed E-state index contributed by atoms with van der Waals surface area (Å²) >= 11 is 5.94. The van der Waals surface area contributed by atoms with Gasteiger partial charge in [0.05, 0.1) is 0 Å². The van der Waals surface area contributed by atoms with E-state index in [-0.39, 0.29) is 0 Å². The van der Waals surface area contributed by atoms with Crippen LogP contribution in [0.1, 0.15) is 32.6 Å². The molecule has 0 amide bonds. The third-order valence-corrected chi connectivity index (χ3v) is 3.22. The zero-order valence-corrected chi connectivity index (χ0v) is 9.93. The third kappa shape index (κ3) is 4.16. The number of alkyl halides is 1. The molecule has 0 saturated carbocycles. The highest BCUT2D eigenvalue weighted by molar-refractivity contribution is 6.18. The fourth-order valence-corrected chi connectivity index (χ4v) is 2.39. The molecular formula is C11H22ClNO. The number of ether oxygens (including phenoxy) is 1. The van der Waals surface area contributed by atoms with E-state index in [9.17, 15) is 0 Å². The van der Waals surface area contributed by atoms with Crippen molar-refractivity contribution in [3.8, 4) is 0 Å². The molecule has 1 aliphatic heterocycles. The predicted molar refractivity (Wildman–Crippen MR) is 61.0 cm³/mol. The lowest BCUT2D eigenvalue weighted by molar-refractivity contribution is 0.111. The SMILES string of the molecule is CCOCCCN1CCCCC1CCl. The average molecular weight is 220 g/mol. The van der Waals surface area contributed by atoms with Crippen LogP contribution in [0.15, 0.2) is 0 Å². The van der Waals surface area contributed by atoms with Crippen molar-refractivity contribution in [1.29, 1.82) is 0 Å². The number of rotatable bonds is 6. The van der Waals surface area contributed by atoms with Crippen LogP contribution in [0.2, 0.25) is 0 Å². The first kappa shape index (κ1) is 12.3. The van der Waals surface area contributed by atoms with Crippen LogP contribution in [-0.4, -0.2) is 43.1 Å². The highest BCUT2D eigenvalue weighted by Gasteiger charge is 2.20. The highest BCUT2D eigenvalue weighted by atomic mass is 35.5. The standard InChI is InChI=1S/C11H22ClNO/c1-2-14-9-5-8-13-7-4-3-6-11(13)10-12/h11H,2-10H2,1H3. The number of nitrogens with zero attached hydrogens (tertiary/aromatic N) is 1. The molecule has 1 fully saturated rings. The van der Waals surface area contributed by atoms with Crippen molar-refractivity contribution in [1.82, 2.24) is 4.90 Å². The van der Waals surface area contributed by atoms with Crippen molar-refractivity contribution in [2.45, 2.75) is 38.6 Å². The topological polar surface area (TPSA) is 12.5 Å². The maximum Gasteiger partial charge on any atom is 0.0478 e. The van der Waals surface area contributed by atoms with E-state index < -0.39 is 0 Å². The van der Waals surface area contributed by atoms with Crippen LogP contribution in [0.5, 0.6) is 0 Å². The molecule has 1 saturated heterocycles. The molecule has 1 heterocycles. The zero-order chi connectivity index (χ0) is 10.2. The van der Waals surface area contributed by atoms with Crippen LogP contribution in [0, 0.1) is 0 Å². The van der Waals surface area contributed by atoms with Crippen molar-refractivity contribution < 1.29 is 4.74 Å². The monoisotopic (exact) mass is 219 g/mol. The van der Waals surface area contributed by atoms with Crippen LogP contribution in [0.25, 0.3) is 0 Å². The van der Waals surface area contributed by atoms with E-state index in [2.05, 4.69) is 4.90 Å². The fraction of sp³-hybridized carbons (Fsp3) is 1.00. The summed E-state index contributed by atoms with van der Waals surface area (Å²) in [7, 11) is 0. The first-order chi connectivity index (χ1) is 6.88. The van der Waals surface area contributed by atoms with Gasteiger partial charge in [0.15, 0.2) is 0 Å². The molecule has 0 aromatic rings. The van der Waals surface area contributed by atoms with Gasteiger partial charge in [-0.1, -0.05) is 6.42 Å². The van der Waals surface area contributed by atoms with Crippen molar-refractivity contribution in [3.63, 3.8) is 0 Å². The quantitative estimate of drug-likeness (QED) is 0.503. The van der Waals surface area contributed by atoms with Crippen LogP contribution in [-0.2, 0) is 4.74 Å². The first-order valence-electron chi connectivity index (χ1n) is 5.76. The molecule has 1 aliphatic rings. The van der Waals surface area contributed by atoms with Gasteiger partial charge >= 0.3 is 0 Å². The number of halogens is 1. The summed E-state index contributed by atoms with van der Waals surface area (Å²) in [6.45, 7) is 6.14. The minimum atomic E-state index is 0.618. The lowest BCUT2D eigenvalue weighted by Gasteiger charge is -2.34. The minimum Gasteiger partial charge on any atom is -0.382 e. The Kier molecular flexibility index (Phi) is 6.57. The lowest BCUT2D eigenvalue weighted by atomic mass is 10.0. The molecule has 14 heavy (non-hydrogen) atoms. The summed E-state index contributed by atoms with van der Waals surface area (Å²) < 4.78 is 5.33. The number of likely N-dealkylation sites (tertiary alicyclic amines) is 1. The summed E-state index contributed by atoms with van der Waals surface area (Å²) in [6, 6.07) is 0.618. The maximum atomic E-state index is 5.94. The third-order valence-electron chi connectivity index (χ3n) is 2.87. The maximum absolute atomic E-state index is 5.94. The molecule has 2 nitrogen and oxygen atoms in total. The van der Waals surface area contributed by atoms with Gasteiger partial charge in [-0.05, 0) is 32.7 Å². The molecule has 0 aliphatic carbocycles. The molecule has 0 spiro atoms. The zero-order valence-electron chi connectivity index (χ0n) is 9.17. The smallest absolute Gasteiger partial charge is 0.0478 e. The molecule has 0 radical (unpaired) electrons. The summed E-state index contributed by atoms with van der Waals surface area (Å²) in [5, 5.41) is 0. The molecule has 0 N–H and O–H groups in total. The molecule has 3 heteroatoms. The molecule has 0 aromatic heterocycles. The summed E-state index contributed by atoms with van der Waals surface area (Å²) in [5.74, 6) is 0.786. The second-order valence-corrected chi connectivity index (χ2v) is 4.20. The van der Waals surface area contributed by atoms with Crippen molar-refractivity contribution in [3.05, 3.63) is 0 Å².